The summed E-state index contributed by atoms with van der Waals surface area (Å²) in [6.45, 7) is 7.83. The van der Waals surface area contributed by atoms with E-state index < -0.39 is 0 Å². The molecule has 0 atom stereocenters. The Morgan fingerprint density at radius 2 is 1.86 bits per heavy atom. The highest BCUT2D eigenvalue weighted by Gasteiger charge is 2.12. The first kappa shape index (κ1) is 11.5. The van der Waals surface area contributed by atoms with Crippen molar-refractivity contribution in [2.45, 2.75) is 39.9 Å². The van der Waals surface area contributed by atoms with Gasteiger partial charge in [-0.1, -0.05) is 17.2 Å². The Morgan fingerprint density at radius 1 is 1.21 bits per heavy atom. The van der Waals surface area contributed by atoms with Crippen LogP contribution in [0.2, 0.25) is 0 Å². The second-order valence-corrected chi connectivity index (χ2v) is 3.94. The third-order valence-electron chi connectivity index (χ3n) is 2.16. The van der Waals surface area contributed by atoms with Crippen LogP contribution >= 0.6 is 0 Å². The summed E-state index contributed by atoms with van der Waals surface area (Å²) in [5.41, 5.74) is 2.72. The van der Waals surface area contributed by atoms with Crippen LogP contribution in [0.15, 0.2) is 23.3 Å². The third-order valence-corrected chi connectivity index (χ3v) is 2.16. The molecule has 0 amide bonds. The van der Waals surface area contributed by atoms with Gasteiger partial charge in [0.05, 0.1) is 13.2 Å². The predicted octanol–water partition coefficient (Wildman–Crippen LogP) is 3.05. The van der Waals surface area contributed by atoms with Gasteiger partial charge in [0.25, 0.3) is 0 Å². The van der Waals surface area contributed by atoms with Crippen LogP contribution in [0.4, 0.5) is 0 Å². The fourth-order valence-corrected chi connectivity index (χ4v) is 1.38. The molecule has 0 aromatic rings. The van der Waals surface area contributed by atoms with Crippen molar-refractivity contribution in [2.24, 2.45) is 0 Å². The summed E-state index contributed by atoms with van der Waals surface area (Å²) in [6, 6.07) is 0. The van der Waals surface area contributed by atoms with Gasteiger partial charge in [0.15, 0.2) is 6.29 Å². The van der Waals surface area contributed by atoms with E-state index in [0.29, 0.717) is 0 Å². The lowest BCUT2D eigenvalue weighted by Crippen LogP contribution is -2.03. The van der Waals surface area contributed by atoms with Gasteiger partial charge in [0.2, 0.25) is 0 Å². The summed E-state index contributed by atoms with van der Waals surface area (Å²) in [6.07, 6.45) is 6.44. The van der Waals surface area contributed by atoms with E-state index in [1.165, 1.54) is 11.1 Å². The average molecular weight is 196 g/mol. The van der Waals surface area contributed by atoms with Gasteiger partial charge in [0, 0.05) is 0 Å². The monoisotopic (exact) mass is 196 g/mol. The second kappa shape index (κ2) is 5.99. The second-order valence-electron chi connectivity index (χ2n) is 3.94. The van der Waals surface area contributed by atoms with Crippen LogP contribution in [0.25, 0.3) is 0 Å². The molecule has 2 nitrogen and oxygen atoms in total. The zero-order valence-corrected chi connectivity index (χ0v) is 9.38. The van der Waals surface area contributed by atoms with E-state index in [1.807, 2.05) is 0 Å². The summed E-state index contributed by atoms with van der Waals surface area (Å²) in [5, 5.41) is 0. The van der Waals surface area contributed by atoms with E-state index in [-0.39, 0.29) is 6.29 Å². The number of hydrogen-bond donors (Lipinski definition) is 0. The first-order valence-electron chi connectivity index (χ1n) is 5.22. The predicted molar refractivity (Wildman–Crippen MR) is 58.1 cm³/mol. The normalized spacial score (nSPS) is 18.6. The van der Waals surface area contributed by atoms with Crippen molar-refractivity contribution in [3.05, 3.63) is 23.3 Å². The van der Waals surface area contributed by atoms with Gasteiger partial charge in [-0.2, -0.15) is 0 Å². The van der Waals surface area contributed by atoms with Gasteiger partial charge in [0.1, 0.15) is 0 Å². The van der Waals surface area contributed by atoms with Gasteiger partial charge in [-0.3, -0.25) is 0 Å². The fourth-order valence-electron chi connectivity index (χ4n) is 1.38. The SMILES string of the molecule is CC(C)=CCCC(C)=CC1OCCO1. The number of hydrogen-bond acceptors (Lipinski definition) is 2. The molecule has 80 valence electrons. The molecule has 0 saturated carbocycles. The maximum absolute atomic E-state index is 5.34. The average Bonchev–Trinajstić information content (AvgIpc) is 2.56. The van der Waals surface area contributed by atoms with E-state index >= 15 is 0 Å². The standard InChI is InChI=1S/C12H20O2/c1-10(2)5-4-6-11(3)9-12-13-7-8-14-12/h5,9,12H,4,6-8H2,1-3H3. The Balaban J connectivity index is 2.26. The van der Waals surface area contributed by atoms with Gasteiger partial charge in [-0.15, -0.1) is 0 Å². The van der Waals surface area contributed by atoms with Crippen LogP contribution in [0, 0.1) is 0 Å². The first-order valence-corrected chi connectivity index (χ1v) is 5.22. The van der Waals surface area contributed by atoms with E-state index in [2.05, 4.69) is 32.9 Å². The largest absolute Gasteiger partial charge is 0.347 e. The Hall–Kier alpha value is -0.600. The molecule has 2 heteroatoms. The highest BCUT2D eigenvalue weighted by atomic mass is 16.7. The number of rotatable bonds is 4. The van der Waals surface area contributed by atoms with Crippen molar-refractivity contribution in [3.8, 4) is 0 Å². The molecule has 1 aliphatic heterocycles. The highest BCUT2D eigenvalue weighted by Crippen LogP contribution is 2.12. The molecule has 1 rings (SSSR count). The van der Waals surface area contributed by atoms with Gasteiger partial charge in [-0.25, -0.2) is 0 Å². The lowest BCUT2D eigenvalue weighted by Gasteiger charge is -2.05. The van der Waals surface area contributed by atoms with Gasteiger partial charge < -0.3 is 9.47 Å². The Kier molecular flexibility index (Phi) is 4.91. The van der Waals surface area contributed by atoms with Crippen molar-refractivity contribution in [2.75, 3.05) is 13.2 Å². The molecule has 0 aromatic heterocycles. The lowest BCUT2D eigenvalue weighted by molar-refractivity contribution is -0.00223. The Morgan fingerprint density at radius 3 is 2.43 bits per heavy atom. The summed E-state index contributed by atoms with van der Waals surface area (Å²) >= 11 is 0. The smallest absolute Gasteiger partial charge is 0.177 e. The maximum Gasteiger partial charge on any atom is 0.177 e. The quantitative estimate of drug-likeness (QED) is 0.643. The Bertz CT molecular complexity index is 218. The lowest BCUT2D eigenvalue weighted by atomic mass is 10.1. The molecule has 1 saturated heterocycles. The molecule has 0 N–H and O–H groups in total. The minimum atomic E-state index is -0.0956. The molecule has 0 aliphatic carbocycles. The van der Waals surface area contributed by atoms with Crippen LogP contribution in [0.1, 0.15) is 33.6 Å². The molecule has 0 aromatic carbocycles. The van der Waals surface area contributed by atoms with Crippen molar-refractivity contribution in [3.63, 3.8) is 0 Å². The molecule has 1 aliphatic rings. The van der Waals surface area contributed by atoms with Gasteiger partial charge >= 0.3 is 0 Å². The molecule has 1 heterocycles. The molecule has 1 fully saturated rings. The first-order chi connectivity index (χ1) is 6.68. The third kappa shape index (κ3) is 4.58. The summed E-state index contributed by atoms with van der Waals surface area (Å²) in [4.78, 5) is 0. The maximum atomic E-state index is 5.34. The van der Waals surface area contributed by atoms with Crippen LogP contribution < -0.4 is 0 Å². The van der Waals surface area contributed by atoms with Crippen LogP contribution in [0.3, 0.4) is 0 Å². The van der Waals surface area contributed by atoms with Crippen LogP contribution in [0.5, 0.6) is 0 Å². The van der Waals surface area contributed by atoms with Crippen LogP contribution in [-0.2, 0) is 9.47 Å². The summed E-state index contributed by atoms with van der Waals surface area (Å²) in [5.74, 6) is 0. The van der Waals surface area contributed by atoms with E-state index in [4.69, 9.17) is 9.47 Å². The highest BCUT2D eigenvalue weighted by molar-refractivity contribution is 5.03. The number of ether oxygens (including phenoxy) is 2. The number of allylic oxidation sites excluding steroid dienone is 3. The molecule has 14 heavy (non-hydrogen) atoms. The van der Waals surface area contributed by atoms with Gasteiger partial charge in [-0.05, 0) is 39.7 Å². The van der Waals surface area contributed by atoms with Crippen LogP contribution in [-0.4, -0.2) is 19.5 Å². The summed E-state index contributed by atoms with van der Waals surface area (Å²) in [7, 11) is 0. The zero-order chi connectivity index (χ0) is 10.4. The minimum absolute atomic E-state index is 0.0956. The molecule has 0 radical (unpaired) electrons. The van der Waals surface area contributed by atoms with Crippen molar-refractivity contribution in [1.82, 2.24) is 0 Å². The van der Waals surface area contributed by atoms with Crippen molar-refractivity contribution >= 4 is 0 Å². The topological polar surface area (TPSA) is 18.5 Å². The zero-order valence-electron chi connectivity index (χ0n) is 9.38. The Labute approximate surface area is 86.6 Å². The van der Waals surface area contributed by atoms with Crippen molar-refractivity contribution < 1.29 is 9.47 Å². The molecular weight excluding hydrogens is 176 g/mol. The molecular formula is C12H20O2. The molecule has 0 bridgehead atoms. The van der Waals surface area contributed by atoms with E-state index in [9.17, 15) is 0 Å². The van der Waals surface area contributed by atoms with E-state index in [0.717, 1.165) is 26.1 Å². The molecule has 0 spiro atoms. The van der Waals surface area contributed by atoms with Crippen molar-refractivity contribution in [1.29, 1.82) is 0 Å². The minimum Gasteiger partial charge on any atom is -0.347 e. The summed E-state index contributed by atoms with van der Waals surface area (Å²) < 4.78 is 10.7. The fraction of sp³-hybridized carbons (Fsp3) is 0.667. The molecule has 0 unspecified atom stereocenters. The van der Waals surface area contributed by atoms with E-state index in [1.54, 1.807) is 0 Å².